The maximum atomic E-state index is 13.2. The molecule has 4 rings (SSSR count). The summed E-state index contributed by atoms with van der Waals surface area (Å²) in [4.78, 5) is 20.9. The molecule has 0 aliphatic heterocycles. The molecule has 29 heavy (non-hydrogen) atoms. The first kappa shape index (κ1) is 19.7. The van der Waals surface area contributed by atoms with Gasteiger partial charge in [-0.3, -0.25) is 9.69 Å². The average Bonchev–Trinajstić information content (AvgIpc) is 3.14. The van der Waals surface area contributed by atoms with Crippen molar-refractivity contribution in [1.82, 2.24) is 4.98 Å². The highest BCUT2D eigenvalue weighted by molar-refractivity contribution is 8.00. The van der Waals surface area contributed by atoms with Gasteiger partial charge in [0.05, 0.1) is 22.5 Å². The standard InChI is InChI=1S/C24H22N2OS2/c1-17-13-21-22(14-18(17)2)29-24(25-21)26(15-19-9-5-3-6-10-19)23(27)16-28-20-11-7-4-8-12-20/h3-14H,15-16H2,1-2H3. The van der Waals surface area contributed by atoms with Gasteiger partial charge in [-0.25, -0.2) is 4.98 Å². The van der Waals surface area contributed by atoms with Crippen molar-refractivity contribution >= 4 is 44.4 Å². The van der Waals surface area contributed by atoms with Crippen molar-refractivity contribution in [3.63, 3.8) is 0 Å². The Balaban J connectivity index is 1.63. The van der Waals surface area contributed by atoms with Crippen LogP contribution in [0.1, 0.15) is 16.7 Å². The summed E-state index contributed by atoms with van der Waals surface area (Å²) in [5.74, 6) is 0.445. The summed E-state index contributed by atoms with van der Waals surface area (Å²) in [6, 6.07) is 24.4. The number of thioether (sulfide) groups is 1. The number of fused-ring (bicyclic) bond motifs is 1. The van der Waals surface area contributed by atoms with Gasteiger partial charge in [-0.1, -0.05) is 59.9 Å². The topological polar surface area (TPSA) is 33.2 Å². The Labute approximate surface area is 179 Å². The predicted molar refractivity (Wildman–Crippen MR) is 124 cm³/mol. The quantitative estimate of drug-likeness (QED) is 0.348. The molecule has 3 aromatic carbocycles. The molecule has 0 fully saturated rings. The van der Waals surface area contributed by atoms with Crippen molar-refractivity contribution in [3.8, 4) is 0 Å². The zero-order valence-electron chi connectivity index (χ0n) is 16.5. The molecule has 1 heterocycles. The van der Waals surface area contributed by atoms with E-state index < -0.39 is 0 Å². The van der Waals surface area contributed by atoms with Crippen LogP contribution >= 0.6 is 23.1 Å². The minimum atomic E-state index is 0.0650. The van der Waals surface area contributed by atoms with Gasteiger partial charge >= 0.3 is 0 Å². The van der Waals surface area contributed by atoms with Crippen molar-refractivity contribution in [2.45, 2.75) is 25.3 Å². The zero-order valence-corrected chi connectivity index (χ0v) is 18.1. The molecule has 0 saturated carbocycles. The van der Waals surface area contributed by atoms with Gasteiger partial charge < -0.3 is 0 Å². The number of anilines is 1. The summed E-state index contributed by atoms with van der Waals surface area (Å²) < 4.78 is 1.12. The van der Waals surface area contributed by atoms with Crippen LogP contribution in [0, 0.1) is 13.8 Å². The van der Waals surface area contributed by atoms with E-state index in [1.165, 1.54) is 11.1 Å². The molecule has 0 saturated heterocycles. The van der Waals surface area contributed by atoms with Gasteiger partial charge in [-0.15, -0.1) is 11.8 Å². The van der Waals surface area contributed by atoms with E-state index in [0.717, 1.165) is 25.8 Å². The molecule has 0 N–H and O–H groups in total. The van der Waals surface area contributed by atoms with Crippen LogP contribution in [0.15, 0.2) is 77.7 Å². The second-order valence-corrected chi connectivity index (χ2v) is 9.03. The lowest BCUT2D eigenvalue weighted by molar-refractivity contribution is -0.116. The zero-order chi connectivity index (χ0) is 20.2. The van der Waals surface area contributed by atoms with Crippen molar-refractivity contribution in [2.24, 2.45) is 0 Å². The number of nitrogens with zero attached hydrogens (tertiary/aromatic N) is 2. The van der Waals surface area contributed by atoms with E-state index in [0.29, 0.717) is 12.3 Å². The third-order valence-corrected chi connectivity index (χ3v) is 6.85. The van der Waals surface area contributed by atoms with Gasteiger partial charge in [0.1, 0.15) is 0 Å². The van der Waals surface area contributed by atoms with E-state index in [1.807, 2.05) is 65.6 Å². The van der Waals surface area contributed by atoms with E-state index in [2.05, 4.69) is 26.0 Å². The fraction of sp³-hybridized carbons (Fsp3) is 0.167. The molecule has 146 valence electrons. The van der Waals surface area contributed by atoms with Crippen LogP contribution in [-0.4, -0.2) is 16.6 Å². The predicted octanol–water partition coefficient (Wildman–Crippen LogP) is 6.24. The molecule has 1 amide bonds. The van der Waals surface area contributed by atoms with Crippen LogP contribution in [0.4, 0.5) is 5.13 Å². The minimum absolute atomic E-state index is 0.0650. The number of hydrogen-bond donors (Lipinski definition) is 0. The Morgan fingerprint density at radius 1 is 0.966 bits per heavy atom. The molecule has 1 aromatic heterocycles. The number of aromatic nitrogens is 1. The summed E-state index contributed by atoms with van der Waals surface area (Å²) in [5, 5.41) is 0.757. The Bertz CT molecular complexity index is 1080. The third-order valence-electron chi connectivity index (χ3n) is 4.81. The first-order valence-corrected chi connectivity index (χ1v) is 11.3. The van der Waals surface area contributed by atoms with E-state index in [1.54, 1.807) is 23.1 Å². The van der Waals surface area contributed by atoms with Crippen molar-refractivity contribution in [1.29, 1.82) is 0 Å². The molecule has 0 bridgehead atoms. The Kier molecular flexibility index (Phi) is 5.97. The Hall–Kier alpha value is -2.63. The number of carbonyl (C=O) groups excluding carboxylic acids is 1. The van der Waals surface area contributed by atoms with Crippen molar-refractivity contribution in [2.75, 3.05) is 10.7 Å². The SMILES string of the molecule is Cc1cc2nc(N(Cc3ccccc3)C(=O)CSc3ccccc3)sc2cc1C. The smallest absolute Gasteiger partial charge is 0.239 e. The first-order valence-electron chi connectivity index (χ1n) is 9.50. The highest BCUT2D eigenvalue weighted by atomic mass is 32.2. The Morgan fingerprint density at radius 3 is 2.34 bits per heavy atom. The Morgan fingerprint density at radius 2 is 1.62 bits per heavy atom. The molecular weight excluding hydrogens is 396 g/mol. The van der Waals surface area contributed by atoms with E-state index >= 15 is 0 Å². The summed E-state index contributed by atoms with van der Waals surface area (Å²) in [5.41, 5.74) is 4.51. The molecular formula is C24H22N2OS2. The highest BCUT2D eigenvalue weighted by Gasteiger charge is 2.20. The molecule has 0 aliphatic carbocycles. The van der Waals surface area contributed by atoms with E-state index in [9.17, 15) is 4.79 Å². The molecule has 0 unspecified atom stereocenters. The van der Waals surface area contributed by atoms with Crippen molar-refractivity contribution in [3.05, 3.63) is 89.5 Å². The highest BCUT2D eigenvalue weighted by Crippen LogP contribution is 2.32. The molecule has 5 heteroatoms. The number of hydrogen-bond acceptors (Lipinski definition) is 4. The van der Waals surface area contributed by atoms with Crippen LogP contribution in [0.3, 0.4) is 0 Å². The van der Waals surface area contributed by atoms with Crippen LogP contribution < -0.4 is 4.90 Å². The normalized spacial score (nSPS) is 11.0. The van der Waals surface area contributed by atoms with Gasteiger partial charge in [0.15, 0.2) is 5.13 Å². The second-order valence-electron chi connectivity index (χ2n) is 6.97. The van der Waals surface area contributed by atoms with Gasteiger partial charge in [0, 0.05) is 4.90 Å². The maximum Gasteiger partial charge on any atom is 0.239 e. The fourth-order valence-corrected chi connectivity index (χ4v) is 4.91. The minimum Gasteiger partial charge on any atom is -0.283 e. The number of rotatable bonds is 6. The number of thiazole rings is 1. The fourth-order valence-electron chi connectivity index (χ4n) is 3.05. The summed E-state index contributed by atoms with van der Waals surface area (Å²) in [6.45, 7) is 4.72. The average molecular weight is 419 g/mol. The van der Waals surface area contributed by atoms with Gasteiger partial charge in [0.2, 0.25) is 5.91 Å². The summed E-state index contributed by atoms with van der Waals surface area (Å²) in [7, 11) is 0. The molecule has 0 spiro atoms. The van der Waals surface area contributed by atoms with E-state index in [4.69, 9.17) is 4.98 Å². The number of amides is 1. The molecule has 4 aromatic rings. The van der Waals surface area contributed by atoms with Crippen LogP contribution in [-0.2, 0) is 11.3 Å². The molecule has 0 aliphatic rings. The van der Waals surface area contributed by atoms with Crippen LogP contribution in [0.2, 0.25) is 0 Å². The monoisotopic (exact) mass is 418 g/mol. The first-order chi connectivity index (χ1) is 14.1. The second kappa shape index (κ2) is 8.80. The third kappa shape index (κ3) is 4.69. The van der Waals surface area contributed by atoms with E-state index in [-0.39, 0.29) is 5.91 Å². The van der Waals surface area contributed by atoms with Gasteiger partial charge in [-0.2, -0.15) is 0 Å². The molecule has 3 nitrogen and oxygen atoms in total. The van der Waals surface area contributed by atoms with Gasteiger partial charge in [-0.05, 0) is 54.8 Å². The van der Waals surface area contributed by atoms with Crippen molar-refractivity contribution < 1.29 is 4.79 Å². The maximum absolute atomic E-state index is 13.2. The number of benzene rings is 3. The van der Waals surface area contributed by atoms with Gasteiger partial charge in [0.25, 0.3) is 0 Å². The summed E-state index contributed by atoms with van der Waals surface area (Å²) in [6.07, 6.45) is 0. The largest absolute Gasteiger partial charge is 0.283 e. The molecule has 0 atom stereocenters. The lowest BCUT2D eigenvalue weighted by Crippen LogP contribution is -2.31. The lowest BCUT2D eigenvalue weighted by atomic mass is 10.1. The lowest BCUT2D eigenvalue weighted by Gasteiger charge is -2.20. The number of carbonyl (C=O) groups is 1. The van der Waals surface area contributed by atoms with Crippen LogP contribution in [0.25, 0.3) is 10.2 Å². The van der Waals surface area contributed by atoms with Crippen LogP contribution in [0.5, 0.6) is 0 Å². The number of aryl methyl sites for hydroxylation is 2. The summed E-state index contributed by atoms with van der Waals surface area (Å²) >= 11 is 3.14. The molecule has 0 radical (unpaired) electrons.